The Kier molecular flexibility index (Phi) is 7.83. The van der Waals surface area contributed by atoms with Crippen LogP contribution in [0.25, 0.3) is 0 Å². The number of alkyl carbamates (subject to hydrolysis) is 1. The second kappa shape index (κ2) is 11.3. The summed E-state index contributed by atoms with van der Waals surface area (Å²) in [6.45, 7) is 4.33. The van der Waals surface area contributed by atoms with Crippen molar-refractivity contribution >= 4 is 23.5 Å². The van der Waals surface area contributed by atoms with Gasteiger partial charge in [0.15, 0.2) is 0 Å². The van der Waals surface area contributed by atoms with E-state index in [1.807, 2.05) is 0 Å². The fraction of sp³-hybridized carbons (Fsp3) is 0.517. The van der Waals surface area contributed by atoms with Crippen LogP contribution in [-0.2, 0) is 10.2 Å². The maximum Gasteiger partial charge on any atom is 0.407 e. The van der Waals surface area contributed by atoms with Crippen LogP contribution in [0.4, 0.5) is 29.7 Å². The van der Waals surface area contributed by atoms with Crippen molar-refractivity contribution in [2.75, 3.05) is 36.5 Å². The number of urea groups is 1. The molecule has 1 aliphatic carbocycles. The second-order valence-corrected chi connectivity index (χ2v) is 10.7. The van der Waals surface area contributed by atoms with E-state index in [2.05, 4.69) is 15.5 Å². The van der Waals surface area contributed by atoms with Crippen molar-refractivity contribution in [2.24, 2.45) is 0 Å². The fourth-order valence-corrected chi connectivity index (χ4v) is 6.43. The lowest BCUT2D eigenvalue weighted by molar-refractivity contribution is 0.103. The minimum absolute atomic E-state index is 0.101. The van der Waals surface area contributed by atoms with Crippen LogP contribution in [0, 0.1) is 11.6 Å². The zero-order valence-corrected chi connectivity index (χ0v) is 21.8. The van der Waals surface area contributed by atoms with Gasteiger partial charge in [-0.1, -0.05) is 12.8 Å². The number of rotatable bonds is 4. The number of carbonyl (C=O) groups is 2. The molecule has 0 bridgehead atoms. The first-order chi connectivity index (χ1) is 18.4. The summed E-state index contributed by atoms with van der Waals surface area (Å²) < 4.78 is 32.8. The number of nitrogens with zero attached hydrogens (tertiary/aromatic N) is 2. The maximum absolute atomic E-state index is 14.4. The molecular formula is C29H36F2N4O3. The third kappa shape index (κ3) is 5.62. The fourth-order valence-electron chi connectivity index (χ4n) is 6.43. The minimum atomic E-state index is -0.368. The Labute approximate surface area is 222 Å². The zero-order chi connectivity index (χ0) is 26.7. The van der Waals surface area contributed by atoms with Crippen LogP contribution < -0.4 is 15.5 Å². The summed E-state index contributed by atoms with van der Waals surface area (Å²) in [7, 11) is 0. The van der Waals surface area contributed by atoms with Crippen molar-refractivity contribution in [3.63, 3.8) is 0 Å². The van der Waals surface area contributed by atoms with Crippen LogP contribution in [0.1, 0.15) is 57.4 Å². The van der Waals surface area contributed by atoms with Gasteiger partial charge in [0, 0.05) is 35.4 Å². The average molecular weight is 527 g/mol. The predicted molar refractivity (Wildman–Crippen MR) is 142 cm³/mol. The normalized spacial score (nSPS) is 23.0. The molecule has 2 aromatic rings. The Morgan fingerprint density at radius 2 is 1.74 bits per heavy atom. The SMILES string of the molecule is CCOC(=O)NC1CCCCC(N2CCC3(CC2)CN(C(=O)Nc2ccc(F)cc2)c2ccc(F)cc23)C1. The van der Waals surface area contributed by atoms with Crippen molar-refractivity contribution in [3.8, 4) is 0 Å². The number of amides is 3. The van der Waals surface area contributed by atoms with Gasteiger partial charge in [0.1, 0.15) is 11.6 Å². The molecule has 7 nitrogen and oxygen atoms in total. The number of hydrogen-bond donors (Lipinski definition) is 2. The number of halogens is 2. The van der Waals surface area contributed by atoms with Crippen molar-refractivity contribution in [3.05, 3.63) is 59.7 Å². The molecule has 1 spiro atoms. The van der Waals surface area contributed by atoms with Crippen molar-refractivity contribution in [1.82, 2.24) is 10.2 Å². The average Bonchev–Trinajstić information content (AvgIpc) is 3.03. The summed E-state index contributed by atoms with van der Waals surface area (Å²) in [5, 5.41) is 5.89. The van der Waals surface area contributed by atoms with Gasteiger partial charge in [0.05, 0.1) is 6.61 Å². The van der Waals surface area contributed by atoms with Crippen molar-refractivity contribution in [2.45, 2.75) is 69.4 Å². The maximum atomic E-state index is 14.4. The molecule has 2 fully saturated rings. The number of anilines is 2. The number of ether oxygens (including phenoxy) is 1. The van der Waals surface area contributed by atoms with Gasteiger partial charge < -0.3 is 20.3 Å². The second-order valence-electron chi connectivity index (χ2n) is 10.7. The Bertz CT molecular complexity index is 1150. The van der Waals surface area contributed by atoms with Crippen LogP contribution in [0.5, 0.6) is 0 Å². The van der Waals surface area contributed by atoms with Gasteiger partial charge in [-0.3, -0.25) is 4.90 Å². The third-order valence-electron chi connectivity index (χ3n) is 8.39. The number of likely N-dealkylation sites (tertiary alicyclic amines) is 1. The summed E-state index contributed by atoms with van der Waals surface area (Å²) in [5.41, 5.74) is 1.80. The number of piperidine rings is 1. The Morgan fingerprint density at radius 1 is 1.03 bits per heavy atom. The smallest absolute Gasteiger partial charge is 0.407 e. The first kappa shape index (κ1) is 26.4. The van der Waals surface area contributed by atoms with E-state index < -0.39 is 0 Å². The van der Waals surface area contributed by atoms with Crippen LogP contribution in [0.2, 0.25) is 0 Å². The van der Waals surface area contributed by atoms with E-state index in [0.29, 0.717) is 24.9 Å². The van der Waals surface area contributed by atoms with Crippen LogP contribution in [0.15, 0.2) is 42.5 Å². The molecule has 2 aromatic carbocycles. The quantitative estimate of drug-likeness (QED) is 0.494. The largest absolute Gasteiger partial charge is 0.450 e. The lowest BCUT2D eigenvalue weighted by atomic mass is 9.74. The zero-order valence-electron chi connectivity index (χ0n) is 21.8. The predicted octanol–water partition coefficient (Wildman–Crippen LogP) is 5.80. The minimum Gasteiger partial charge on any atom is -0.450 e. The first-order valence-corrected chi connectivity index (χ1v) is 13.7. The molecule has 3 aliphatic rings. The number of carbonyl (C=O) groups excluding carboxylic acids is 2. The molecule has 0 radical (unpaired) electrons. The number of hydrogen-bond acceptors (Lipinski definition) is 4. The summed E-state index contributed by atoms with van der Waals surface area (Å²) in [6.07, 6.45) is 6.42. The molecule has 1 saturated heterocycles. The standard InChI is InChI=1S/C29H36F2N4O3/c1-2-38-28(37)33-23-5-3-4-6-24(18-23)34-15-13-29(14-16-34)19-35(26-12-9-21(31)17-25(26)29)27(36)32-22-10-7-20(30)8-11-22/h7-12,17,23-24H,2-6,13-16,18-19H2,1H3,(H,32,36)(H,33,37). The highest BCUT2D eigenvalue weighted by atomic mass is 19.1. The van der Waals surface area contributed by atoms with E-state index in [1.165, 1.54) is 30.3 Å². The first-order valence-electron chi connectivity index (χ1n) is 13.7. The number of nitrogens with one attached hydrogen (secondary N) is 2. The van der Waals surface area contributed by atoms with Gasteiger partial charge in [-0.25, -0.2) is 18.4 Å². The van der Waals surface area contributed by atoms with E-state index in [4.69, 9.17) is 4.74 Å². The highest BCUT2D eigenvalue weighted by molar-refractivity contribution is 6.03. The molecule has 3 amide bonds. The number of benzene rings is 2. The van der Waals surface area contributed by atoms with E-state index in [1.54, 1.807) is 24.0 Å². The summed E-state index contributed by atoms with van der Waals surface area (Å²) in [4.78, 5) is 29.5. The lowest BCUT2D eigenvalue weighted by Crippen LogP contribution is -2.50. The van der Waals surface area contributed by atoms with E-state index in [9.17, 15) is 18.4 Å². The molecule has 2 aliphatic heterocycles. The van der Waals surface area contributed by atoms with Crippen LogP contribution in [0.3, 0.4) is 0 Å². The molecule has 9 heteroatoms. The molecule has 0 aromatic heterocycles. The molecule has 2 N–H and O–H groups in total. The van der Waals surface area contributed by atoms with Gasteiger partial charge in [-0.15, -0.1) is 0 Å². The Balaban J connectivity index is 1.28. The molecule has 5 rings (SSSR count). The van der Waals surface area contributed by atoms with Crippen molar-refractivity contribution in [1.29, 1.82) is 0 Å². The molecule has 204 valence electrons. The molecular weight excluding hydrogens is 490 g/mol. The van der Waals surface area contributed by atoms with E-state index in [-0.39, 0.29) is 35.2 Å². The highest BCUT2D eigenvalue weighted by Crippen LogP contribution is 2.48. The highest BCUT2D eigenvalue weighted by Gasteiger charge is 2.47. The van der Waals surface area contributed by atoms with Gasteiger partial charge in [-0.2, -0.15) is 0 Å². The summed E-state index contributed by atoms with van der Waals surface area (Å²) >= 11 is 0. The topological polar surface area (TPSA) is 73.9 Å². The van der Waals surface area contributed by atoms with E-state index >= 15 is 0 Å². The monoisotopic (exact) mass is 526 g/mol. The van der Waals surface area contributed by atoms with Gasteiger partial charge in [0.2, 0.25) is 0 Å². The van der Waals surface area contributed by atoms with E-state index in [0.717, 1.165) is 69.3 Å². The molecule has 2 heterocycles. The lowest BCUT2D eigenvalue weighted by Gasteiger charge is -2.43. The van der Waals surface area contributed by atoms with Gasteiger partial charge >= 0.3 is 12.1 Å². The Morgan fingerprint density at radius 3 is 2.47 bits per heavy atom. The van der Waals surface area contributed by atoms with Gasteiger partial charge in [-0.05, 0) is 100 Å². The summed E-state index contributed by atoms with van der Waals surface area (Å²) in [5.74, 6) is -0.671. The van der Waals surface area contributed by atoms with Crippen LogP contribution >= 0.6 is 0 Å². The Hall–Kier alpha value is -3.20. The molecule has 2 unspecified atom stereocenters. The molecule has 1 saturated carbocycles. The van der Waals surface area contributed by atoms with Crippen molar-refractivity contribution < 1.29 is 23.1 Å². The van der Waals surface area contributed by atoms with Crippen LogP contribution in [-0.4, -0.2) is 55.3 Å². The number of fused-ring (bicyclic) bond motifs is 2. The third-order valence-corrected chi connectivity index (χ3v) is 8.39. The summed E-state index contributed by atoms with van der Waals surface area (Å²) in [6, 6.07) is 10.5. The van der Waals surface area contributed by atoms with Gasteiger partial charge in [0.25, 0.3) is 0 Å². The molecule has 2 atom stereocenters. The molecule has 38 heavy (non-hydrogen) atoms.